The average Bonchev–Trinajstić information content (AvgIpc) is 2.65. The summed E-state index contributed by atoms with van der Waals surface area (Å²) in [5.41, 5.74) is -3.08. The molecule has 1 atom stereocenters. The van der Waals surface area contributed by atoms with E-state index in [1.54, 1.807) is 20.8 Å². The summed E-state index contributed by atoms with van der Waals surface area (Å²) in [5, 5.41) is 5.12. The van der Waals surface area contributed by atoms with Gasteiger partial charge in [-0.1, -0.05) is 20.8 Å². The summed E-state index contributed by atoms with van der Waals surface area (Å²) in [6.45, 7) is 4.92. The minimum Gasteiger partial charge on any atom is -0.308 e. The molecule has 0 spiro atoms. The molecular formula is C16H19FN2O3S. The molecule has 2 N–H and O–H groups in total. The molecular weight excluding hydrogens is 319 g/mol. The van der Waals surface area contributed by atoms with E-state index in [0.717, 1.165) is 6.07 Å². The summed E-state index contributed by atoms with van der Waals surface area (Å²) >= 11 is 0. The number of rotatable bonds is 3. The van der Waals surface area contributed by atoms with E-state index in [1.807, 2.05) is 0 Å². The number of nitrogens with two attached hydrogens (primary N) is 1. The summed E-state index contributed by atoms with van der Waals surface area (Å²) in [6.07, 6.45) is 5.50. The van der Waals surface area contributed by atoms with Crippen LogP contribution in [0.25, 0.3) is 0 Å². The average molecular weight is 338 g/mol. The predicted molar refractivity (Wildman–Crippen MR) is 85.9 cm³/mol. The van der Waals surface area contributed by atoms with Gasteiger partial charge in [-0.25, -0.2) is 17.9 Å². The van der Waals surface area contributed by atoms with Crippen LogP contribution in [-0.4, -0.2) is 20.9 Å². The molecule has 0 aromatic heterocycles. The van der Waals surface area contributed by atoms with Crippen molar-refractivity contribution in [2.75, 3.05) is 11.4 Å². The third kappa shape index (κ3) is 2.62. The first-order valence-corrected chi connectivity index (χ1v) is 8.61. The van der Waals surface area contributed by atoms with Crippen LogP contribution in [0.1, 0.15) is 32.8 Å². The summed E-state index contributed by atoms with van der Waals surface area (Å²) in [4.78, 5) is 13.7. The van der Waals surface area contributed by atoms with Crippen LogP contribution in [0.5, 0.6) is 0 Å². The van der Waals surface area contributed by atoms with E-state index in [0.29, 0.717) is 5.69 Å². The highest BCUT2D eigenvalue weighted by Gasteiger charge is 2.58. The fourth-order valence-electron chi connectivity index (χ4n) is 2.74. The molecule has 5 nitrogen and oxygen atoms in total. The molecule has 1 aliphatic rings. The molecule has 124 valence electrons. The normalized spacial score (nSPS) is 21.2. The zero-order valence-electron chi connectivity index (χ0n) is 13.3. The lowest BCUT2D eigenvalue weighted by atomic mass is 9.74. The minimum atomic E-state index is -4.00. The molecule has 0 bridgehead atoms. The van der Waals surface area contributed by atoms with Gasteiger partial charge in [0.1, 0.15) is 0 Å². The van der Waals surface area contributed by atoms with Crippen molar-refractivity contribution in [3.63, 3.8) is 0 Å². The van der Waals surface area contributed by atoms with Crippen LogP contribution in [0.15, 0.2) is 23.1 Å². The van der Waals surface area contributed by atoms with Gasteiger partial charge in [-0.3, -0.25) is 4.79 Å². The Kier molecular flexibility index (Phi) is 4.04. The minimum absolute atomic E-state index is 0.0125. The summed E-state index contributed by atoms with van der Waals surface area (Å²) < 4.78 is 38.9. The molecule has 0 aliphatic carbocycles. The second kappa shape index (κ2) is 5.32. The van der Waals surface area contributed by atoms with Crippen molar-refractivity contribution >= 4 is 21.6 Å². The standard InChI is InChI=1S/C16H19FN2O3S/c1-5-6-9-19-13-8-7-11(23(18,21)22)10-12(13)16(17,14(19)20)15(2,3)4/h1,7-8,10H,6,9H2,2-4H3,(H2,18,21,22). The number of sulfonamides is 1. The Labute approximate surface area is 135 Å². The van der Waals surface area contributed by atoms with Gasteiger partial charge in [0.15, 0.2) is 0 Å². The fourth-order valence-corrected chi connectivity index (χ4v) is 3.28. The highest BCUT2D eigenvalue weighted by molar-refractivity contribution is 7.89. The van der Waals surface area contributed by atoms with Crippen LogP contribution >= 0.6 is 0 Å². The summed E-state index contributed by atoms with van der Waals surface area (Å²) in [5.74, 6) is 1.68. The van der Waals surface area contributed by atoms with Gasteiger partial charge in [0.05, 0.1) is 10.6 Å². The maximum atomic E-state index is 15.8. The summed E-state index contributed by atoms with van der Waals surface area (Å²) in [7, 11) is -4.00. The lowest BCUT2D eigenvalue weighted by molar-refractivity contribution is -0.136. The first kappa shape index (κ1) is 17.4. The highest BCUT2D eigenvalue weighted by Crippen LogP contribution is 2.53. The van der Waals surface area contributed by atoms with E-state index in [4.69, 9.17) is 11.6 Å². The first-order chi connectivity index (χ1) is 10.4. The largest absolute Gasteiger partial charge is 0.308 e. The van der Waals surface area contributed by atoms with Gasteiger partial charge < -0.3 is 4.90 Å². The first-order valence-electron chi connectivity index (χ1n) is 7.06. The molecule has 0 saturated carbocycles. The molecule has 2 rings (SSSR count). The quantitative estimate of drug-likeness (QED) is 0.855. The molecule has 0 radical (unpaired) electrons. The van der Waals surface area contributed by atoms with Crippen molar-refractivity contribution in [2.45, 2.75) is 37.8 Å². The van der Waals surface area contributed by atoms with Crippen LogP contribution in [0.3, 0.4) is 0 Å². The van der Waals surface area contributed by atoms with Gasteiger partial charge in [-0.15, -0.1) is 12.3 Å². The third-order valence-corrected chi connectivity index (χ3v) is 4.92. The number of nitrogens with zero attached hydrogens (tertiary/aromatic N) is 1. The molecule has 1 aromatic carbocycles. The number of hydrogen-bond donors (Lipinski definition) is 1. The molecule has 1 aliphatic heterocycles. The van der Waals surface area contributed by atoms with Gasteiger partial charge in [-0.2, -0.15) is 0 Å². The van der Waals surface area contributed by atoms with Gasteiger partial charge in [0.25, 0.3) is 5.91 Å². The number of benzene rings is 1. The highest BCUT2D eigenvalue weighted by atomic mass is 32.2. The second-order valence-electron chi connectivity index (χ2n) is 6.54. The fraction of sp³-hybridized carbons (Fsp3) is 0.438. The van der Waals surface area contributed by atoms with Crippen molar-refractivity contribution in [3.05, 3.63) is 23.8 Å². The maximum Gasteiger partial charge on any atom is 0.270 e. The molecule has 7 heteroatoms. The third-order valence-electron chi connectivity index (χ3n) is 4.01. The van der Waals surface area contributed by atoms with Gasteiger partial charge >= 0.3 is 0 Å². The van der Waals surface area contributed by atoms with Crippen molar-refractivity contribution in [1.29, 1.82) is 0 Å². The zero-order chi connectivity index (χ0) is 17.6. The van der Waals surface area contributed by atoms with Crippen LogP contribution in [0.2, 0.25) is 0 Å². The van der Waals surface area contributed by atoms with Gasteiger partial charge in [0, 0.05) is 23.9 Å². The Morgan fingerprint density at radius 2 is 2.00 bits per heavy atom. The number of anilines is 1. The molecule has 1 heterocycles. The monoisotopic (exact) mass is 338 g/mol. The molecule has 23 heavy (non-hydrogen) atoms. The topological polar surface area (TPSA) is 80.5 Å². The molecule has 1 aromatic rings. The van der Waals surface area contributed by atoms with Crippen molar-refractivity contribution < 1.29 is 17.6 Å². The Balaban J connectivity index is 2.72. The smallest absolute Gasteiger partial charge is 0.270 e. The molecule has 1 unspecified atom stereocenters. The van der Waals surface area contributed by atoms with E-state index < -0.39 is 27.0 Å². The number of carbonyl (C=O) groups excluding carboxylic acids is 1. The maximum absolute atomic E-state index is 15.8. The van der Waals surface area contributed by atoms with Crippen LogP contribution in [-0.2, 0) is 20.5 Å². The number of alkyl halides is 1. The van der Waals surface area contributed by atoms with E-state index in [2.05, 4.69) is 5.92 Å². The van der Waals surface area contributed by atoms with Gasteiger partial charge in [-0.05, 0) is 18.2 Å². The zero-order valence-corrected chi connectivity index (χ0v) is 14.1. The second-order valence-corrected chi connectivity index (χ2v) is 8.10. The predicted octanol–water partition coefficient (Wildman–Crippen LogP) is 1.91. The van der Waals surface area contributed by atoms with Gasteiger partial charge in [0.2, 0.25) is 15.7 Å². The van der Waals surface area contributed by atoms with E-state index in [-0.39, 0.29) is 23.4 Å². The number of primary sulfonamides is 1. The van der Waals surface area contributed by atoms with Crippen LogP contribution in [0.4, 0.5) is 10.1 Å². The van der Waals surface area contributed by atoms with Crippen molar-refractivity contribution in [2.24, 2.45) is 10.6 Å². The Morgan fingerprint density at radius 1 is 1.39 bits per heavy atom. The molecule has 1 amide bonds. The Morgan fingerprint density at radius 3 is 2.48 bits per heavy atom. The number of hydrogen-bond acceptors (Lipinski definition) is 3. The van der Waals surface area contributed by atoms with E-state index in [1.165, 1.54) is 17.0 Å². The molecule has 0 saturated heterocycles. The van der Waals surface area contributed by atoms with Crippen LogP contribution in [0, 0.1) is 17.8 Å². The van der Waals surface area contributed by atoms with E-state index >= 15 is 4.39 Å². The van der Waals surface area contributed by atoms with Crippen molar-refractivity contribution in [1.82, 2.24) is 0 Å². The van der Waals surface area contributed by atoms with Crippen LogP contribution < -0.4 is 10.0 Å². The number of terminal acetylenes is 1. The summed E-state index contributed by atoms with van der Waals surface area (Å²) in [6, 6.07) is 3.80. The lowest BCUT2D eigenvalue weighted by Crippen LogP contribution is -2.46. The number of carbonyl (C=O) groups is 1. The number of halogens is 1. The Bertz CT molecular complexity index is 806. The lowest BCUT2D eigenvalue weighted by Gasteiger charge is -2.33. The van der Waals surface area contributed by atoms with Crippen molar-refractivity contribution in [3.8, 4) is 12.3 Å². The number of fused-ring (bicyclic) bond motifs is 1. The Hall–Kier alpha value is -1.91. The van der Waals surface area contributed by atoms with E-state index in [9.17, 15) is 13.2 Å². The SMILES string of the molecule is C#CCCN1C(=O)C(F)(C(C)(C)C)c2cc(S(N)(=O)=O)ccc21. The molecule has 0 fully saturated rings. The number of amides is 1.